The van der Waals surface area contributed by atoms with Gasteiger partial charge in [0, 0.05) is 41.5 Å². The zero-order valence-electron chi connectivity index (χ0n) is 14.4. The fourth-order valence-electron chi connectivity index (χ4n) is 3.20. The summed E-state index contributed by atoms with van der Waals surface area (Å²) < 4.78 is 0. The highest BCUT2D eigenvalue weighted by molar-refractivity contribution is 7.11. The Morgan fingerprint density at radius 2 is 1.95 bits per heavy atom. The molecule has 0 aromatic carbocycles. The van der Waals surface area contributed by atoms with Crippen LogP contribution in [0.4, 0.5) is 0 Å². The maximum absolute atomic E-state index is 3.77. The van der Waals surface area contributed by atoms with Crippen molar-refractivity contribution in [1.29, 1.82) is 0 Å². The normalized spacial score (nSPS) is 24.1. The van der Waals surface area contributed by atoms with Crippen molar-refractivity contribution < 1.29 is 0 Å². The molecule has 2 atom stereocenters. The molecule has 2 heterocycles. The van der Waals surface area contributed by atoms with Gasteiger partial charge in [-0.2, -0.15) is 0 Å². The smallest absolute Gasteiger partial charge is 0.0332 e. The van der Waals surface area contributed by atoms with Gasteiger partial charge in [-0.05, 0) is 36.8 Å². The van der Waals surface area contributed by atoms with Gasteiger partial charge in [-0.3, -0.25) is 4.90 Å². The van der Waals surface area contributed by atoms with E-state index in [0.29, 0.717) is 18.0 Å². The lowest BCUT2D eigenvalue weighted by Gasteiger charge is -2.42. The fraction of sp³-hybridized carbons (Fsp3) is 0.778. The molecule has 0 radical (unpaired) electrons. The minimum Gasteiger partial charge on any atom is -0.311 e. The Hall–Kier alpha value is -0.380. The number of piperazine rings is 1. The highest BCUT2D eigenvalue weighted by Gasteiger charge is 2.29. The van der Waals surface area contributed by atoms with Crippen LogP contribution in [0.3, 0.4) is 0 Å². The molecular formula is C18H32N2S. The number of nitrogens with zero attached hydrogens (tertiary/aromatic N) is 1. The van der Waals surface area contributed by atoms with E-state index >= 15 is 0 Å². The summed E-state index contributed by atoms with van der Waals surface area (Å²) in [6.07, 6.45) is 2.46. The Morgan fingerprint density at radius 3 is 2.52 bits per heavy atom. The lowest BCUT2D eigenvalue weighted by Crippen LogP contribution is -2.57. The zero-order valence-corrected chi connectivity index (χ0v) is 15.2. The van der Waals surface area contributed by atoms with Gasteiger partial charge < -0.3 is 5.32 Å². The number of rotatable bonds is 6. The van der Waals surface area contributed by atoms with Crippen molar-refractivity contribution in [1.82, 2.24) is 10.2 Å². The Balaban J connectivity index is 2.04. The van der Waals surface area contributed by atoms with Crippen LogP contribution < -0.4 is 5.32 Å². The molecule has 1 aliphatic rings. The molecule has 0 bridgehead atoms. The molecule has 1 aliphatic heterocycles. The first-order valence-electron chi connectivity index (χ1n) is 8.54. The molecule has 0 amide bonds. The predicted octanol–water partition coefficient (Wildman–Crippen LogP) is 4.16. The Kier molecular flexibility index (Phi) is 6.27. The van der Waals surface area contributed by atoms with Crippen LogP contribution in [0.15, 0.2) is 12.1 Å². The summed E-state index contributed by atoms with van der Waals surface area (Å²) in [5.74, 6) is 1.48. The second-order valence-corrected chi connectivity index (χ2v) is 8.45. The Labute approximate surface area is 134 Å². The van der Waals surface area contributed by atoms with Crippen LogP contribution in [-0.2, 0) is 13.0 Å². The SMILES string of the molecule is CCc1ccc(CN2CC(C(C)C)NCC2CC(C)C)s1. The van der Waals surface area contributed by atoms with Gasteiger partial charge in [-0.25, -0.2) is 0 Å². The van der Waals surface area contributed by atoms with E-state index in [9.17, 15) is 0 Å². The molecule has 1 aromatic rings. The molecular weight excluding hydrogens is 276 g/mol. The third-order valence-corrected chi connectivity index (χ3v) is 5.75. The molecule has 0 saturated carbocycles. The second kappa shape index (κ2) is 7.75. The van der Waals surface area contributed by atoms with Crippen LogP contribution >= 0.6 is 11.3 Å². The van der Waals surface area contributed by atoms with E-state index in [-0.39, 0.29) is 0 Å². The van der Waals surface area contributed by atoms with Crippen molar-refractivity contribution >= 4 is 11.3 Å². The van der Waals surface area contributed by atoms with Gasteiger partial charge in [-0.1, -0.05) is 34.6 Å². The molecule has 0 aliphatic carbocycles. The van der Waals surface area contributed by atoms with Crippen LogP contribution in [0.5, 0.6) is 0 Å². The van der Waals surface area contributed by atoms with Crippen molar-refractivity contribution in [2.45, 2.75) is 66.1 Å². The molecule has 21 heavy (non-hydrogen) atoms. The van der Waals surface area contributed by atoms with E-state index in [4.69, 9.17) is 0 Å². The van der Waals surface area contributed by atoms with Crippen LogP contribution in [0.25, 0.3) is 0 Å². The van der Waals surface area contributed by atoms with Crippen molar-refractivity contribution in [3.63, 3.8) is 0 Å². The van der Waals surface area contributed by atoms with Crippen molar-refractivity contribution in [3.8, 4) is 0 Å². The standard InChI is InChI=1S/C18H32N2S/c1-6-16-7-8-17(21-16)11-20-12-18(14(4)5)19-10-15(20)9-13(2)3/h7-8,13-15,18-19H,6,9-12H2,1-5H3. The van der Waals surface area contributed by atoms with Crippen LogP contribution in [0, 0.1) is 11.8 Å². The predicted molar refractivity (Wildman–Crippen MR) is 94.0 cm³/mol. The first kappa shape index (κ1) is 17.0. The maximum atomic E-state index is 3.77. The minimum atomic E-state index is 0.638. The molecule has 2 rings (SSSR count). The van der Waals surface area contributed by atoms with Crippen molar-refractivity contribution in [3.05, 3.63) is 21.9 Å². The van der Waals surface area contributed by atoms with E-state index in [1.807, 2.05) is 11.3 Å². The Bertz CT molecular complexity index is 425. The number of hydrogen-bond donors (Lipinski definition) is 1. The number of hydrogen-bond acceptors (Lipinski definition) is 3. The third-order valence-electron chi connectivity index (χ3n) is 4.54. The molecule has 2 unspecified atom stereocenters. The first-order valence-corrected chi connectivity index (χ1v) is 9.36. The largest absolute Gasteiger partial charge is 0.311 e. The van der Waals surface area contributed by atoms with E-state index in [2.05, 4.69) is 57.0 Å². The molecule has 2 nitrogen and oxygen atoms in total. The average molecular weight is 309 g/mol. The average Bonchev–Trinajstić information content (AvgIpc) is 2.87. The highest BCUT2D eigenvalue weighted by atomic mass is 32.1. The maximum Gasteiger partial charge on any atom is 0.0332 e. The lowest BCUT2D eigenvalue weighted by atomic mass is 9.95. The van der Waals surface area contributed by atoms with E-state index < -0.39 is 0 Å². The summed E-state index contributed by atoms with van der Waals surface area (Å²) in [7, 11) is 0. The number of nitrogens with one attached hydrogen (secondary N) is 1. The number of aryl methyl sites for hydroxylation is 1. The van der Waals surface area contributed by atoms with Gasteiger partial charge in [0.1, 0.15) is 0 Å². The topological polar surface area (TPSA) is 15.3 Å². The summed E-state index contributed by atoms with van der Waals surface area (Å²) in [6.45, 7) is 15.1. The summed E-state index contributed by atoms with van der Waals surface area (Å²) in [5, 5.41) is 3.77. The van der Waals surface area contributed by atoms with Crippen LogP contribution in [0.2, 0.25) is 0 Å². The van der Waals surface area contributed by atoms with Crippen LogP contribution in [-0.4, -0.2) is 30.1 Å². The van der Waals surface area contributed by atoms with Crippen LogP contribution in [0.1, 0.15) is 50.8 Å². The summed E-state index contributed by atoms with van der Waals surface area (Å²) in [4.78, 5) is 5.78. The van der Waals surface area contributed by atoms with E-state index in [0.717, 1.165) is 25.4 Å². The summed E-state index contributed by atoms with van der Waals surface area (Å²) in [5.41, 5.74) is 0. The zero-order chi connectivity index (χ0) is 15.4. The van der Waals surface area contributed by atoms with E-state index in [1.165, 1.54) is 22.7 Å². The van der Waals surface area contributed by atoms with Gasteiger partial charge in [0.2, 0.25) is 0 Å². The molecule has 1 saturated heterocycles. The van der Waals surface area contributed by atoms with Gasteiger partial charge >= 0.3 is 0 Å². The number of thiophene rings is 1. The minimum absolute atomic E-state index is 0.638. The quantitative estimate of drug-likeness (QED) is 0.849. The van der Waals surface area contributed by atoms with Crippen molar-refractivity contribution in [2.75, 3.05) is 13.1 Å². The monoisotopic (exact) mass is 308 g/mol. The van der Waals surface area contributed by atoms with E-state index in [1.54, 1.807) is 0 Å². The first-order chi connectivity index (χ1) is 9.99. The second-order valence-electron chi connectivity index (χ2n) is 7.19. The fourth-order valence-corrected chi connectivity index (χ4v) is 4.18. The lowest BCUT2D eigenvalue weighted by molar-refractivity contribution is 0.0934. The highest BCUT2D eigenvalue weighted by Crippen LogP contribution is 2.24. The third kappa shape index (κ3) is 4.80. The van der Waals surface area contributed by atoms with Gasteiger partial charge in [0.15, 0.2) is 0 Å². The molecule has 1 fully saturated rings. The summed E-state index contributed by atoms with van der Waals surface area (Å²) >= 11 is 1.99. The van der Waals surface area contributed by atoms with Gasteiger partial charge in [0.25, 0.3) is 0 Å². The summed E-state index contributed by atoms with van der Waals surface area (Å²) in [6, 6.07) is 5.97. The molecule has 3 heteroatoms. The van der Waals surface area contributed by atoms with Crippen molar-refractivity contribution in [2.24, 2.45) is 11.8 Å². The molecule has 0 spiro atoms. The molecule has 1 aromatic heterocycles. The van der Waals surface area contributed by atoms with Gasteiger partial charge in [-0.15, -0.1) is 11.3 Å². The molecule has 1 N–H and O–H groups in total. The van der Waals surface area contributed by atoms with Gasteiger partial charge in [0.05, 0.1) is 0 Å². The molecule has 120 valence electrons. The Morgan fingerprint density at radius 1 is 1.24 bits per heavy atom.